The fourth-order valence-electron chi connectivity index (χ4n) is 8.71. The maximum absolute atomic E-state index is 11.2. The molecule has 4 aliphatic rings. The first kappa shape index (κ1) is 22.0. The molecule has 4 aliphatic carbocycles. The van der Waals surface area contributed by atoms with Gasteiger partial charge in [-0.05, 0) is 104 Å². The number of rotatable bonds is 4. The Kier molecular flexibility index (Phi) is 5.67. The van der Waals surface area contributed by atoms with E-state index in [1.54, 1.807) is 0 Å². The predicted octanol–water partition coefficient (Wildman–Crippen LogP) is 3.89. The lowest BCUT2D eigenvalue weighted by molar-refractivity contribution is -0.174. The highest BCUT2D eigenvalue weighted by atomic mass is 32.2. The van der Waals surface area contributed by atoms with Crippen molar-refractivity contribution in [2.24, 2.45) is 46.3 Å². The average molecular weight is 429 g/mol. The molecule has 0 aliphatic heterocycles. The number of hydrogen-bond donors (Lipinski definition) is 3. The molecule has 0 spiro atoms. The molecule has 4 rings (SSSR count). The third-order valence-corrected chi connectivity index (χ3v) is 11.0. The standard InChI is InChI=1S/C23H40O5S/c1-14(8-11-29(26,27)28)17-4-5-18-21-19(7-10-23(17,18)3)22(2)9-6-16(24)12-15(22)13-20(21)25/h14-21,24-25H,4-13H2,1-3H3,(H,26,27,28)/t14-,15+,16-,17-,18+,19+,20-,21+,22+,23-/m1/s1. The quantitative estimate of drug-likeness (QED) is 0.591. The van der Waals surface area contributed by atoms with Gasteiger partial charge in [-0.1, -0.05) is 20.8 Å². The van der Waals surface area contributed by atoms with Gasteiger partial charge < -0.3 is 10.2 Å². The van der Waals surface area contributed by atoms with Crippen molar-refractivity contribution >= 4 is 10.1 Å². The van der Waals surface area contributed by atoms with Crippen LogP contribution >= 0.6 is 0 Å². The molecule has 4 fully saturated rings. The van der Waals surface area contributed by atoms with Crippen molar-refractivity contribution < 1.29 is 23.2 Å². The van der Waals surface area contributed by atoms with Crippen LogP contribution in [-0.4, -0.2) is 41.1 Å². The first-order valence-electron chi connectivity index (χ1n) is 11.8. The molecular formula is C23H40O5S. The van der Waals surface area contributed by atoms with Crippen LogP contribution in [0.3, 0.4) is 0 Å². The molecule has 29 heavy (non-hydrogen) atoms. The fourth-order valence-corrected chi connectivity index (χ4v) is 9.38. The number of hydrogen-bond acceptors (Lipinski definition) is 4. The monoisotopic (exact) mass is 428 g/mol. The summed E-state index contributed by atoms with van der Waals surface area (Å²) in [5, 5.41) is 21.4. The van der Waals surface area contributed by atoms with Gasteiger partial charge in [0.2, 0.25) is 0 Å². The zero-order valence-corrected chi connectivity index (χ0v) is 19.1. The molecule has 6 heteroatoms. The van der Waals surface area contributed by atoms with Crippen molar-refractivity contribution in [3.63, 3.8) is 0 Å². The molecule has 0 aromatic heterocycles. The Morgan fingerprint density at radius 3 is 2.31 bits per heavy atom. The summed E-state index contributed by atoms with van der Waals surface area (Å²) in [6, 6.07) is 0. The Morgan fingerprint density at radius 1 is 0.966 bits per heavy atom. The highest BCUT2D eigenvalue weighted by Gasteiger charge is 2.62. The maximum Gasteiger partial charge on any atom is 0.264 e. The van der Waals surface area contributed by atoms with E-state index >= 15 is 0 Å². The summed E-state index contributed by atoms with van der Waals surface area (Å²) in [5.74, 6) is 2.37. The molecule has 168 valence electrons. The molecule has 5 nitrogen and oxygen atoms in total. The molecule has 0 aromatic rings. The van der Waals surface area contributed by atoms with Crippen LogP contribution in [0.1, 0.15) is 78.6 Å². The smallest absolute Gasteiger partial charge is 0.264 e. The van der Waals surface area contributed by atoms with Gasteiger partial charge in [-0.25, -0.2) is 0 Å². The average Bonchev–Trinajstić information content (AvgIpc) is 2.98. The first-order chi connectivity index (χ1) is 13.5. The molecule has 0 saturated heterocycles. The molecule has 0 heterocycles. The minimum atomic E-state index is -3.91. The van der Waals surface area contributed by atoms with Gasteiger partial charge in [-0.2, -0.15) is 8.42 Å². The summed E-state index contributed by atoms with van der Waals surface area (Å²) in [7, 11) is -3.91. The number of fused-ring (bicyclic) bond motifs is 5. The van der Waals surface area contributed by atoms with Crippen LogP contribution in [-0.2, 0) is 10.1 Å². The van der Waals surface area contributed by atoms with E-state index in [0.717, 1.165) is 51.4 Å². The topological polar surface area (TPSA) is 94.8 Å². The van der Waals surface area contributed by atoms with Crippen LogP contribution in [0.15, 0.2) is 0 Å². The third-order valence-electron chi connectivity index (χ3n) is 10.2. The molecule has 10 atom stereocenters. The maximum atomic E-state index is 11.2. The lowest BCUT2D eigenvalue weighted by atomic mass is 9.43. The molecule has 4 saturated carbocycles. The Hall–Kier alpha value is -0.170. The zero-order chi connectivity index (χ0) is 21.2. The normalized spacial score (nSPS) is 51.0. The van der Waals surface area contributed by atoms with Gasteiger partial charge in [0.15, 0.2) is 0 Å². The lowest BCUT2D eigenvalue weighted by Gasteiger charge is -2.62. The van der Waals surface area contributed by atoms with Crippen molar-refractivity contribution in [3.8, 4) is 0 Å². The van der Waals surface area contributed by atoms with Gasteiger partial charge in [0.1, 0.15) is 0 Å². The summed E-state index contributed by atoms with van der Waals surface area (Å²) in [6.07, 6.45) is 8.18. The molecule has 0 bridgehead atoms. The largest absolute Gasteiger partial charge is 0.393 e. The van der Waals surface area contributed by atoms with Gasteiger partial charge in [-0.15, -0.1) is 0 Å². The van der Waals surface area contributed by atoms with E-state index in [9.17, 15) is 23.2 Å². The zero-order valence-electron chi connectivity index (χ0n) is 18.3. The van der Waals surface area contributed by atoms with Crippen LogP contribution in [0.25, 0.3) is 0 Å². The highest BCUT2D eigenvalue weighted by Crippen LogP contribution is 2.68. The minimum Gasteiger partial charge on any atom is -0.393 e. The Bertz CT molecular complexity index is 723. The summed E-state index contributed by atoms with van der Waals surface area (Å²) >= 11 is 0. The van der Waals surface area contributed by atoms with Gasteiger partial charge in [-0.3, -0.25) is 4.55 Å². The molecular weight excluding hydrogens is 388 g/mol. The van der Waals surface area contributed by atoms with Crippen molar-refractivity contribution in [2.75, 3.05) is 5.75 Å². The SMILES string of the molecule is C[C@H](CCS(=O)(=O)O)[C@H]1CC[C@H]2[C@@H]3[C@H](O)C[C@@H]4C[C@H](O)CC[C@]4(C)[C@H]3CC[C@]12C. The summed E-state index contributed by atoms with van der Waals surface area (Å²) < 4.78 is 31.7. The second-order valence-electron chi connectivity index (χ2n) is 11.5. The fraction of sp³-hybridized carbons (Fsp3) is 1.00. The van der Waals surface area contributed by atoms with Crippen LogP contribution in [0.5, 0.6) is 0 Å². The van der Waals surface area contributed by atoms with E-state index in [2.05, 4.69) is 20.8 Å². The molecule has 0 unspecified atom stereocenters. The Morgan fingerprint density at radius 2 is 1.62 bits per heavy atom. The Labute approximate surface area is 176 Å². The van der Waals surface area contributed by atoms with Crippen LogP contribution in [0.4, 0.5) is 0 Å². The number of aliphatic hydroxyl groups excluding tert-OH is 2. The molecule has 0 radical (unpaired) electrons. The summed E-state index contributed by atoms with van der Waals surface area (Å²) in [4.78, 5) is 0. The van der Waals surface area contributed by atoms with Crippen molar-refractivity contribution in [2.45, 2.75) is 90.8 Å². The van der Waals surface area contributed by atoms with E-state index in [-0.39, 0.29) is 34.7 Å². The third kappa shape index (κ3) is 3.70. The van der Waals surface area contributed by atoms with E-state index in [1.165, 1.54) is 0 Å². The van der Waals surface area contributed by atoms with E-state index in [4.69, 9.17) is 0 Å². The van der Waals surface area contributed by atoms with Gasteiger partial charge in [0.05, 0.1) is 18.0 Å². The molecule has 0 aromatic carbocycles. The van der Waals surface area contributed by atoms with Crippen LogP contribution in [0, 0.1) is 46.3 Å². The van der Waals surface area contributed by atoms with Crippen molar-refractivity contribution in [1.82, 2.24) is 0 Å². The summed E-state index contributed by atoms with van der Waals surface area (Å²) in [6.45, 7) is 6.96. The van der Waals surface area contributed by atoms with Crippen molar-refractivity contribution in [1.29, 1.82) is 0 Å². The van der Waals surface area contributed by atoms with E-state index < -0.39 is 10.1 Å². The second kappa shape index (κ2) is 7.46. The van der Waals surface area contributed by atoms with Gasteiger partial charge in [0, 0.05) is 0 Å². The van der Waals surface area contributed by atoms with Gasteiger partial charge in [0.25, 0.3) is 10.1 Å². The Balaban J connectivity index is 1.55. The second-order valence-corrected chi connectivity index (χ2v) is 13.1. The van der Waals surface area contributed by atoms with E-state index in [0.29, 0.717) is 36.0 Å². The minimum absolute atomic E-state index is 0.151. The van der Waals surface area contributed by atoms with Crippen molar-refractivity contribution in [3.05, 3.63) is 0 Å². The van der Waals surface area contributed by atoms with E-state index in [1.807, 2.05) is 0 Å². The molecule has 0 amide bonds. The van der Waals surface area contributed by atoms with Crippen LogP contribution < -0.4 is 0 Å². The lowest BCUT2D eigenvalue weighted by Crippen LogP contribution is -2.58. The summed E-state index contributed by atoms with van der Waals surface area (Å²) in [5.41, 5.74) is 0.386. The van der Waals surface area contributed by atoms with Gasteiger partial charge >= 0.3 is 0 Å². The van der Waals surface area contributed by atoms with Crippen LogP contribution in [0.2, 0.25) is 0 Å². The molecule has 3 N–H and O–H groups in total. The first-order valence-corrected chi connectivity index (χ1v) is 13.4. The highest BCUT2D eigenvalue weighted by molar-refractivity contribution is 7.85. The number of aliphatic hydroxyl groups is 2. The predicted molar refractivity (Wildman–Crippen MR) is 113 cm³/mol.